The number of hydrogen-bond donors (Lipinski definition) is 2. The number of rotatable bonds is 3. The van der Waals surface area contributed by atoms with Crippen molar-refractivity contribution in [3.8, 4) is 0 Å². The van der Waals surface area contributed by atoms with Gasteiger partial charge in [-0.1, -0.05) is 6.42 Å². The van der Waals surface area contributed by atoms with Crippen molar-refractivity contribution in [2.75, 3.05) is 6.54 Å². The highest BCUT2D eigenvalue weighted by Gasteiger charge is 2.33. The Hall–Kier alpha value is -1.63. The first-order valence-electron chi connectivity index (χ1n) is 6.70. The van der Waals surface area contributed by atoms with Gasteiger partial charge in [0.15, 0.2) is 0 Å². The van der Waals surface area contributed by atoms with E-state index in [-0.39, 0.29) is 12.0 Å². The van der Waals surface area contributed by atoms with Gasteiger partial charge in [0, 0.05) is 6.04 Å². The first-order valence-corrected chi connectivity index (χ1v) is 6.70. The van der Waals surface area contributed by atoms with Gasteiger partial charge in [-0.05, 0) is 43.5 Å². The molecular weight excluding hydrogens is 288 g/mol. The topological polar surface area (TPSA) is 55.1 Å². The SMILES string of the molecule is NCC1CCCC1NC(=O)c1cc(C(F)(F)F)ccc1F. The predicted molar refractivity (Wildman–Crippen MR) is 69.1 cm³/mol. The van der Waals surface area contributed by atoms with E-state index in [1.165, 1.54) is 0 Å². The summed E-state index contributed by atoms with van der Waals surface area (Å²) in [7, 11) is 0. The van der Waals surface area contributed by atoms with E-state index in [9.17, 15) is 22.4 Å². The zero-order valence-corrected chi connectivity index (χ0v) is 11.2. The van der Waals surface area contributed by atoms with Crippen LogP contribution in [0.2, 0.25) is 0 Å². The molecule has 1 aromatic carbocycles. The summed E-state index contributed by atoms with van der Waals surface area (Å²) >= 11 is 0. The molecule has 1 amide bonds. The van der Waals surface area contributed by atoms with Gasteiger partial charge in [0.05, 0.1) is 11.1 Å². The zero-order valence-electron chi connectivity index (χ0n) is 11.2. The molecule has 7 heteroatoms. The van der Waals surface area contributed by atoms with Crippen LogP contribution in [0, 0.1) is 11.7 Å². The van der Waals surface area contributed by atoms with E-state index in [4.69, 9.17) is 5.73 Å². The minimum absolute atomic E-state index is 0.0859. The summed E-state index contributed by atoms with van der Waals surface area (Å²) in [4.78, 5) is 12.0. The molecule has 2 unspecified atom stereocenters. The fourth-order valence-electron chi connectivity index (χ4n) is 2.63. The van der Waals surface area contributed by atoms with E-state index in [0.29, 0.717) is 31.2 Å². The third kappa shape index (κ3) is 3.53. The number of carbonyl (C=O) groups is 1. The van der Waals surface area contributed by atoms with Crippen molar-refractivity contribution in [2.24, 2.45) is 11.7 Å². The lowest BCUT2D eigenvalue weighted by atomic mass is 10.0. The first-order chi connectivity index (χ1) is 9.82. The van der Waals surface area contributed by atoms with Crippen molar-refractivity contribution in [3.05, 3.63) is 35.1 Å². The van der Waals surface area contributed by atoms with Crippen LogP contribution in [-0.4, -0.2) is 18.5 Å². The van der Waals surface area contributed by atoms with E-state index in [1.54, 1.807) is 0 Å². The van der Waals surface area contributed by atoms with Crippen LogP contribution in [0.25, 0.3) is 0 Å². The van der Waals surface area contributed by atoms with E-state index < -0.39 is 29.0 Å². The quantitative estimate of drug-likeness (QED) is 0.844. The maximum absolute atomic E-state index is 13.6. The Balaban J connectivity index is 2.19. The number of nitrogens with two attached hydrogens (primary N) is 1. The molecule has 3 nitrogen and oxygen atoms in total. The molecule has 1 fully saturated rings. The van der Waals surface area contributed by atoms with Crippen molar-refractivity contribution in [1.82, 2.24) is 5.32 Å². The number of amides is 1. The average Bonchev–Trinajstić information content (AvgIpc) is 2.84. The minimum atomic E-state index is -4.62. The summed E-state index contributed by atoms with van der Waals surface area (Å²) in [6.45, 7) is 0.385. The van der Waals surface area contributed by atoms with Gasteiger partial charge < -0.3 is 11.1 Å². The summed E-state index contributed by atoms with van der Waals surface area (Å²) in [6.07, 6.45) is -2.17. The Labute approximate surface area is 119 Å². The molecule has 1 aromatic rings. The molecule has 21 heavy (non-hydrogen) atoms. The van der Waals surface area contributed by atoms with Crippen molar-refractivity contribution in [3.63, 3.8) is 0 Å². The molecule has 2 rings (SSSR count). The second-order valence-electron chi connectivity index (χ2n) is 5.20. The van der Waals surface area contributed by atoms with Crippen LogP contribution < -0.4 is 11.1 Å². The minimum Gasteiger partial charge on any atom is -0.349 e. The summed E-state index contributed by atoms with van der Waals surface area (Å²) < 4.78 is 51.4. The molecule has 3 N–H and O–H groups in total. The van der Waals surface area contributed by atoms with Gasteiger partial charge in [0.2, 0.25) is 0 Å². The van der Waals surface area contributed by atoms with Gasteiger partial charge in [-0.15, -0.1) is 0 Å². The van der Waals surface area contributed by atoms with Gasteiger partial charge in [0.1, 0.15) is 5.82 Å². The molecule has 2 atom stereocenters. The number of halogens is 4. The van der Waals surface area contributed by atoms with Crippen molar-refractivity contribution >= 4 is 5.91 Å². The van der Waals surface area contributed by atoms with Gasteiger partial charge in [0.25, 0.3) is 5.91 Å². The van der Waals surface area contributed by atoms with E-state index in [0.717, 1.165) is 12.8 Å². The number of alkyl halides is 3. The van der Waals surface area contributed by atoms with E-state index in [1.807, 2.05) is 0 Å². The highest BCUT2D eigenvalue weighted by molar-refractivity contribution is 5.94. The highest BCUT2D eigenvalue weighted by Crippen LogP contribution is 2.30. The standard InChI is InChI=1S/C14H16F4N2O/c15-11-5-4-9(14(16,17)18)6-10(11)13(21)20-12-3-1-2-8(12)7-19/h4-6,8,12H,1-3,7,19H2,(H,20,21). The molecular formula is C14H16F4N2O. The predicted octanol–water partition coefficient (Wildman–Crippen LogP) is 2.70. The molecule has 0 spiro atoms. The third-order valence-corrected chi connectivity index (χ3v) is 3.82. The lowest BCUT2D eigenvalue weighted by Gasteiger charge is -2.20. The Morgan fingerprint density at radius 3 is 2.67 bits per heavy atom. The number of benzene rings is 1. The van der Waals surface area contributed by atoms with Gasteiger partial charge >= 0.3 is 6.18 Å². The van der Waals surface area contributed by atoms with E-state index >= 15 is 0 Å². The molecule has 1 aliphatic carbocycles. The van der Waals surface area contributed by atoms with Gasteiger partial charge in [-0.2, -0.15) is 13.2 Å². The summed E-state index contributed by atoms with van der Waals surface area (Å²) in [5.74, 6) is -1.71. The smallest absolute Gasteiger partial charge is 0.349 e. The summed E-state index contributed by atoms with van der Waals surface area (Å²) in [6, 6.07) is 1.60. The first kappa shape index (κ1) is 15.8. The van der Waals surface area contributed by atoms with Crippen LogP contribution in [0.15, 0.2) is 18.2 Å². The van der Waals surface area contributed by atoms with Gasteiger partial charge in [-0.25, -0.2) is 4.39 Å². The van der Waals surface area contributed by atoms with Crippen molar-refractivity contribution in [1.29, 1.82) is 0 Å². The van der Waals surface area contributed by atoms with E-state index in [2.05, 4.69) is 5.32 Å². The van der Waals surface area contributed by atoms with Crippen molar-refractivity contribution in [2.45, 2.75) is 31.5 Å². The normalized spacial score (nSPS) is 22.3. The second-order valence-corrected chi connectivity index (χ2v) is 5.20. The average molecular weight is 304 g/mol. The van der Waals surface area contributed by atoms with Crippen LogP contribution in [0.1, 0.15) is 35.2 Å². The lowest BCUT2D eigenvalue weighted by Crippen LogP contribution is -2.40. The molecule has 116 valence electrons. The number of carbonyl (C=O) groups excluding carboxylic acids is 1. The maximum Gasteiger partial charge on any atom is 0.416 e. The number of nitrogens with one attached hydrogen (secondary N) is 1. The van der Waals surface area contributed by atoms with Crippen molar-refractivity contribution < 1.29 is 22.4 Å². The van der Waals surface area contributed by atoms with Crippen LogP contribution in [0.5, 0.6) is 0 Å². The second kappa shape index (κ2) is 6.01. The lowest BCUT2D eigenvalue weighted by molar-refractivity contribution is -0.137. The Bertz CT molecular complexity index is 530. The maximum atomic E-state index is 13.6. The van der Waals surface area contributed by atoms with Crippen LogP contribution in [0.4, 0.5) is 17.6 Å². The summed E-state index contributed by atoms with van der Waals surface area (Å²) in [5.41, 5.74) is 3.94. The molecule has 0 saturated heterocycles. The monoisotopic (exact) mass is 304 g/mol. The molecule has 0 radical (unpaired) electrons. The van der Waals surface area contributed by atoms with Crippen LogP contribution in [-0.2, 0) is 6.18 Å². The highest BCUT2D eigenvalue weighted by atomic mass is 19.4. The Morgan fingerprint density at radius 1 is 1.33 bits per heavy atom. The van der Waals surface area contributed by atoms with Crippen LogP contribution >= 0.6 is 0 Å². The third-order valence-electron chi connectivity index (χ3n) is 3.82. The Morgan fingerprint density at radius 2 is 2.05 bits per heavy atom. The molecule has 0 bridgehead atoms. The fraction of sp³-hybridized carbons (Fsp3) is 0.500. The molecule has 0 aromatic heterocycles. The summed E-state index contributed by atoms with van der Waals surface area (Å²) in [5, 5.41) is 2.59. The largest absolute Gasteiger partial charge is 0.416 e. The van der Waals surface area contributed by atoms with Gasteiger partial charge in [-0.3, -0.25) is 4.79 Å². The molecule has 1 aliphatic rings. The zero-order chi connectivity index (χ0) is 15.6. The fourth-order valence-corrected chi connectivity index (χ4v) is 2.63. The Kier molecular flexibility index (Phi) is 4.51. The molecule has 0 heterocycles. The number of hydrogen-bond acceptors (Lipinski definition) is 2. The molecule has 1 saturated carbocycles. The molecule has 0 aliphatic heterocycles. The van der Waals surface area contributed by atoms with Crippen LogP contribution in [0.3, 0.4) is 0 Å².